The Bertz CT molecular complexity index is 459. The second kappa shape index (κ2) is 5.16. The average molecular weight is 250 g/mol. The van der Waals surface area contributed by atoms with Crippen LogP contribution in [0.1, 0.15) is 19.8 Å². The van der Waals surface area contributed by atoms with Crippen molar-refractivity contribution in [3.63, 3.8) is 0 Å². The number of halogens is 1. The van der Waals surface area contributed by atoms with E-state index in [1.807, 2.05) is 0 Å². The fourth-order valence-corrected chi connectivity index (χ4v) is 2.00. The topological polar surface area (TPSA) is 49.4 Å². The molecule has 5 heteroatoms. The van der Waals surface area contributed by atoms with E-state index in [4.69, 9.17) is 0 Å². The molecule has 0 aliphatic carbocycles. The highest BCUT2D eigenvalue weighted by atomic mass is 19.1. The van der Waals surface area contributed by atoms with Crippen LogP contribution in [0.25, 0.3) is 0 Å². The van der Waals surface area contributed by atoms with E-state index in [1.54, 1.807) is 24.0 Å². The van der Waals surface area contributed by atoms with Crippen LogP contribution in [0, 0.1) is 5.82 Å². The molecule has 4 nitrogen and oxygen atoms in total. The first kappa shape index (κ1) is 12.5. The lowest BCUT2D eigenvalue weighted by Gasteiger charge is -2.17. The number of carbonyl (C=O) groups excluding carboxylic acids is 2. The summed E-state index contributed by atoms with van der Waals surface area (Å²) in [5, 5.41) is 2.79. The number of nitrogens with zero attached hydrogens (tertiary/aromatic N) is 1. The zero-order valence-corrected chi connectivity index (χ0v) is 10.1. The normalized spacial score (nSPS) is 19.1. The van der Waals surface area contributed by atoms with Gasteiger partial charge in [-0.25, -0.2) is 4.39 Å². The van der Waals surface area contributed by atoms with Crippen molar-refractivity contribution in [1.29, 1.82) is 0 Å². The highest BCUT2D eigenvalue weighted by Gasteiger charge is 2.31. The van der Waals surface area contributed by atoms with E-state index >= 15 is 0 Å². The van der Waals surface area contributed by atoms with Gasteiger partial charge in [0.2, 0.25) is 11.8 Å². The summed E-state index contributed by atoms with van der Waals surface area (Å²) >= 11 is 0. The first-order chi connectivity index (χ1) is 8.60. The zero-order chi connectivity index (χ0) is 13.1. The molecule has 1 aromatic carbocycles. The number of hydrogen-bond acceptors (Lipinski definition) is 2. The Morgan fingerprint density at radius 2 is 2.11 bits per heavy atom. The molecule has 1 saturated heterocycles. The fraction of sp³-hybridized carbons (Fsp3) is 0.385. The first-order valence-electron chi connectivity index (χ1n) is 5.95. The third-order valence-electron chi connectivity index (χ3n) is 2.95. The van der Waals surface area contributed by atoms with E-state index in [-0.39, 0.29) is 23.7 Å². The van der Waals surface area contributed by atoms with Gasteiger partial charge in [-0.3, -0.25) is 9.59 Å². The summed E-state index contributed by atoms with van der Waals surface area (Å²) in [6.45, 7) is 2.21. The molecule has 0 saturated carbocycles. The molecule has 0 unspecified atom stereocenters. The summed E-state index contributed by atoms with van der Waals surface area (Å²) in [5.41, 5.74) is 0.662. The van der Waals surface area contributed by atoms with Crippen LogP contribution in [0.3, 0.4) is 0 Å². The Balaban J connectivity index is 2.05. The lowest BCUT2D eigenvalue weighted by Crippen LogP contribution is -2.36. The summed E-state index contributed by atoms with van der Waals surface area (Å²) in [7, 11) is 0. The fourth-order valence-electron chi connectivity index (χ4n) is 2.00. The van der Waals surface area contributed by atoms with Crippen LogP contribution in [0.4, 0.5) is 10.1 Å². The average Bonchev–Trinajstić information content (AvgIpc) is 2.71. The molecule has 0 aromatic heterocycles. The summed E-state index contributed by atoms with van der Waals surface area (Å²) in [4.78, 5) is 24.7. The predicted molar refractivity (Wildman–Crippen MR) is 65.6 cm³/mol. The van der Waals surface area contributed by atoms with Crippen molar-refractivity contribution in [3.8, 4) is 0 Å². The van der Waals surface area contributed by atoms with E-state index in [0.29, 0.717) is 25.1 Å². The summed E-state index contributed by atoms with van der Waals surface area (Å²) in [5.74, 6) is -0.446. The zero-order valence-electron chi connectivity index (χ0n) is 10.1. The molecule has 18 heavy (non-hydrogen) atoms. The maximum atomic E-state index is 12.8. The van der Waals surface area contributed by atoms with Crippen molar-refractivity contribution < 1.29 is 14.0 Å². The van der Waals surface area contributed by atoms with E-state index < -0.39 is 0 Å². The van der Waals surface area contributed by atoms with Crippen molar-refractivity contribution in [2.24, 2.45) is 0 Å². The van der Waals surface area contributed by atoms with Gasteiger partial charge in [0, 0.05) is 25.1 Å². The van der Waals surface area contributed by atoms with Crippen molar-refractivity contribution in [2.45, 2.75) is 25.8 Å². The summed E-state index contributed by atoms with van der Waals surface area (Å²) in [6, 6.07) is 5.62. The third kappa shape index (κ3) is 2.67. The molecule has 1 aromatic rings. The number of rotatable bonds is 3. The Kier molecular flexibility index (Phi) is 3.60. The minimum absolute atomic E-state index is 0.0528. The number of anilines is 1. The number of benzene rings is 1. The monoisotopic (exact) mass is 250 g/mol. The van der Waals surface area contributed by atoms with E-state index in [0.717, 1.165) is 0 Å². The molecule has 1 aliphatic rings. The lowest BCUT2D eigenvalue weighted by molar-refractivity contribution is -0.121. The Labute approximate surface area is 105 Å². The number of amides is 2. The van der Waals surface area contributed by atoms with Gasteiger partial charge in [-0.1, -0.05) is 6.92 Å². The molecule has 1 N–H and O–H groups in total. The second-order valence-corrected chi connectivity index (χ2v) is 4.30. The van der Waals surface area contributed by atoms with Crippen LogP contribution in [-0.4, -0.2) is 24.4 Å². The molecular weight excluding hydrogens is 235 g/mol. The highest BCUT2D eigenvalue weighted by molar-refractivity contribution is 5.96. The maximum absolute atomic E-state index is 12.8. The molecule has 1 heterocycles. The Morgan fingerprint density at radius 3 is 2.72 bits per heavy atom. The van der Waals surface area contributed by atoms with Gasteiger partial charge in [0.25, 0.3) is 0 Å². The van der Waals surface area contributed by atoms with Crippen LogP contribution >= 0.6 is 0 Å². The van der Waals surface area contributed by atoms with Gasteiger partial charge >= 0.3 is 0 Å². The molecule has 2 amide bonds. The van der Waals surface area contributed by atoms with Gasteiger partial charge in [-0.2, -0.15) is 0 Å². The van der Waals surface area contributed by atoms with Crippen LogP contribution in [0.15, 0.2) is 24.3 Å². The molecule has 0 bridgehead atoms. The SMILES string of the molecule is CCC(=O)N[C@@H]1CC(=O)N(c2ccc(F)cc2)C1. The van der Waals surface area contributed by atoms with Gasteiger partial charge < -0.3 is 10.2 Å². The van der Waals surface area contributed by atoms with Crippen LogP contribution < -0.4 is 10.2 Å². The van der Waals surface area contributed by atoms with Gasteiger partial charge in [0.05, 0.1) is 6.04 Å². The molecule has 96 valence electrons. The third-order valence-corrected chi connectivity index (χ3v) is 2.95. The first-order valence-corrected chi connectivity index (χ1v) is 5.95. The number of carbonyl (C=O) groups is 2. The van der Waals surface area contributed by atoms with E-state index in [1.165, 1.54) is 12.1 Å². The van der Waals surface area contributed by atoms with Gasteiger partial charge in [-0.05, 0) is 24.3 Å². The number of nitrogens with one attached hydrogen (secondary N) is 1. The predicted octanol–water partition coefficient (Wildman–Crippen LogP) is 1.46. The Hall–Kier alpha value is -1.91. The Morgan fingerprint density at radius 1 is 1.44 bits per heavy atom. The quantitative estimate of drug-likeness (QED) is 0.882. The molecule has 0 radical (unpaired) electrons. The smallest absolute Gasteiger partial charge is 0.229 e. The summed E-state index contributed by atoms with van der Waals surface area (Å²) in [6.07, 6.45) is 0.699. The maximum Gasteiger partial charge on any atom is 0.229 e. The molecule has 1 aliphatic heterocycles. The van der Waals surface area contributed by atoms with Crippen LogP contribution in [0.5, 0.6) is 0 Å². The molecule has 1 fully saturated rings. The highest BCUT2D eigenvalue weighted by Crippen LogP contribution is 2.21. The second-order valence-electron chi connectivity index (χ2n) is 4.30. The minimum atomic E-state index is -0.332. The van der Waals surface area contributed by atoms with Crippen molar-refractivity contribution in [3.05, 3.63) is 30.1 Å². The number of hydrogen-bond donors (Lipinski definition) is 1. The van der Waals surface area contributed by atoms with Crippen LogP contribution in [-0.2, 0) is 9.59 Å². The van der Waals surface area contributed by atoms with Gasteiger partial charge in [-0.15, -0.1) is 0 Å². The van der Waals surface area contributed by atoms with Crippen LogP contribution in [0.2, 0.25) is 0 Å². The van der Waals surface area contributed by atoms with Crippen molar-refractivity contribution in [2.75, 3.05) is 11.4 Å². The van der Waals surface area contributed by atoms with Gasteiger partial charge in [0.15, 0.2) is 0 Å². The standard InChI is InChI=1S/C13H15FN2O2/c1-2-12(17)15-10-7-13(18)16(8-10)11-5-3-9(14)4-6-11/h3-6,10H,2,7-8H2,1H3,(H,15,17)/t10-/m1/s1. The molecule has 0 spiro atoms. The summed E-state index contributed by atoms with van der Waals surface area (Å²) < 4.78 is 12.8. The van der Waals surface area contributed by atoms with E-state index in [2.05, 4.69) is 5.32 Å². The molecule has 1 atom stereocenters. The largest absolute Gasteiger partial charge is 0.351 e. The molecular formula is C13H15FN2O2. The van der Waals surface area contributed by atoms with Crippen molar-refractivity contribution >= 4 is 17.5 Å². The van der Waals surface area contributed by atoms with Crippen molar-refractivity contribution in [1.82, 2.24) is 5.32 Å². The van der Waals surface area contributed by atoms with E-state index in [9.17, 15) is 14.0 Å². The van der Waals surface area contributed by atoms with Gasteiger partial charge in [0.1, 0.15) is 5.82 Å². The lowest BCUT2D eigenvalue weighted by atomic mass is 10.2. The molecule has 2 rings (SSSR count). The minimum Gasteiger partial charge on any atom is -0.351 e.